The van der Waals surface area contributed by atoms with Crippen LogP contribution in [0, 0.1) is 0 Å². The van der Waals surface area contributed by atoms with Gasteiger partial charge in [-0.1, -0.05) is 45.2 Å². The van der Waals surface area contributed by atoms with Crippen LogP contribution in [-0.2, 0) is 6.61 Å². The Labute approximate surface area is 118 Å². The number of benzene rings is 2. The van der Waals surface area contributed by atoms with Gasteiger partial charge in [0, 0.05) is 20.1 Å². The first-order chi connectivity index (χ1) is 8.15. The van der Waals surface area contributed by atoms with E-state index >= 15 is 0 Å². The standard InChI is InChI=1S/C13H9BrCl2O/c14-10-2-1-3-12(7-10)17-8-9-6-11(15)4-5-13(9)16/h1-7H,8H2. The molecule has 2 rings (SSSR count). The first-order valence-corrected chi connectivity index (χ1v) is 6.52. The lowest BCUT2D eigenvalue weighted by Gasteiger charge is -2.08. The molecule has 1 nitrogen and oxygen atoms in total. The van der Waals surface area contributed by atoms with Crippen LogP contribution in [0.1, 0.15) is 5.56 Å². The first kappa shape index (κ1) is 12.7. The van der Waals surface area contributed by atoms with Crippen LogP contribution >= 0.6 is 39.1 Å². The zero-order valence-corrected chi connectivity index (χ0v) is 11.9. The molecule has 0 N–H and O–H groups in total. The van der Waals surface area contributed by atoms with Gasteiger partial charge in [-0.05, 0) is 36.4 Å². The van der Waals surface area contributed by atoms with Crippen LogP contribution in [0.2, 0.25) is 10.0 Å². The highest BCUT2D eigenvalue weighted by Gasteiger charge is 2.02. The Kier molecular flexibility index (Phi) is 4.32. The van der Waals surface area contributed by atoms with Crippen molar-refractivity contribution in [3.63, 3.8) is 0 Å². The number of hydrogen-bond acceptors (Lipinski definition) is 1. The number of ether oxygens (including phenoxy) is 1. The van der Waals surface area contributed by atoms with Gasteiger partial charge in [0.2, 0.25) is 0 Å². The van der Waals surface area contributed by atoms with E-state index in [2.05, 4.69) is 15.9 Å². The molecule has 0 unspecified atom stereocenters. The van der Waals surface area contributed by atoms with E-state index in [-0.39, 0.29) is 0 Å². The molecule has 0 saturated heterocycles. The second-order valence-electron chi connectivity index (χ2n) is 3.48. The summed E-state index contributed by atoms with van der Waals surface area (Å²) >= 11 is 15.3. The normalized spacial score (nSPS) is 10.3. The predicted octanol–water partition coefficient (Wildman–Crippen LogP) is 5.33. The summed E-state index contributed by atoms with van der Waals surface area (Å²) in [6, 6.07) is 13.0. The Hall–Kier alpha value is -0.700. The molecule has 0 radical (unpaired) electrons. The summed E-state index contributed by atoms with van der Waals surface area (Å²) in [5.74, 6) is 0.787. The summed E-state index contributed by atoms with van der Waals surface area (Å²) in [7, 11) is 0. The van der Waals surface area contributed by atoms with Gasteiger partial charge in [0.15, 0.2) is 0 Å². The van der Waals surface area contributed by atoms with Crippen molar-refractivity contribution in [2.24, 2.45) is 0 Å². The molecule has 0 aromatic heterocycles. The van der Waals surface area contributed by atoms with Crippen molar-refractivity contribution in [2.45, 2.75) is 6.61 Å². The second-order valence-corrected chi connectivity index (χ2v) is 5.24. The summed E-state index contributed by atoms with van der Waals surface area (Å²) in [5, 5.41) is 1.31. The molecule has 17 heavy (non-hydrogen) atoms. The van der Waals surface area contributed by atoms with E-state index in [1.807, 2.05) is 30.3 Å². The number of hydrogen-bond donors (Lipinski definition) is 0. The van der Waals surface area contributed by atoms with Gasteiger partial charge in [0.25, 0.3) is 0 Å². The van der Waals surface area contributed by atoms with Crippen LogP contribution in [0.5, 0.6) is 5.75 Å². The zero-order valence-electron chi connectivity index (χ0n) is 8.79. The van der Waals surface area contributed by atoms with Gasteiger partial charge in [-0.3, -0.25) is 0 Å². The van der Waals surface area contributed by atoms with Crippen molar-refractivity contribution in [2.75, 3.05) is 0 Å². The lowest BCUT2D eigenvalue weighted by atomic mass is 10.2. The first-order valence-electron chi connectivity index (χ1n) is 4.97. The van der Waals surface area contributed by atoms with Crippen LogP contribution in [0.4, 0.5) is 0 Å². The molecule has 0 bridgehead atoms. The van der Waals surface area contributed by atoms with Crippen molar-refractivity contribution in [3.8, 4) is 5.75 Å². The SMILES string of the molecule is Clc1ccc(Cl)c(COc2cccc(Br)c2)c1. The Bertz CT molecular complexity index is 529. The van der Waals surface area contributed by atoms with Crippen molar-refractivity contribution >= 4 is 39.1 Å². The molecule has 0 atom stereocenters. The van der Waals surface area contributed by atoms with Crippen LogP contribution in [-0.4, -0.2) is 0 Å². The lowest BCUT2D eigenvalue weighted by Crippen LogP contribution is -1.96. The fraction of sp³-hybridized carbons (Fsp3) is 0.0769. The quantitative estimate of drug-likeness (QED) is 0.738. The van der Waals surface area contributed by atoms with E-state index in [1.165, 1.54) is 0 Å². The molecule has 88 valence electrons. The average molecular weight is 332 g/mol. The largest absolute Gasteiger partial charge is 0.489 e. The molecule has 0 fully saturated rings. The minimum absolute atomic E-state index is 0.399. The molecule has 0 heterocycles. The number of rotatable bonds is 3. The Morgan fingerprint density at radius 1 is 1.06 bits per heavy atom. The van der Waals surface area contributed by atoms with Gasteiger partial charge in [-0.2, -0.15) is 0 Å². The zero-order chi connectivity index (χ0) is 12.3. The smallest absolute Gasteiger partial charge is 0.120 e. The van der Waals surface area contributed by atoms with E-state index in [0.29, 0.717) is 16.7 Å². The van der Waals surface area contributed by atoms with Gasteiger partial charge in [-0.15, -0.1) is 0 Å². The summed E-state index contributed by atoms with van der Waals surface area (Å²) in [4.78, 5) is 0. The fourth-order valence-corrected chi connectivity index (χ4v) is 2.12. The van der Waals surface area contributed by atoms with Crippen molar-refractivity contribution in [1.29, 1.82) is 0 Å². The highest BCUT2D eigenvalue weighted by atomic mass is 79.9. The van der Waals surface area contributed by atoms with Crippen molar-refractivity contribution in [3.05, 3.63) is 62.5 Å². The molecule has 0 saturated carbocycles. The maximum atomic E-state index is 6.05. The summed E-state index contributed by atoms with van der Waals surface area (Å²) in [5.41, 5.74) is 0.874. The predicted molar refractivity (Wildman–Crippen MR) is 74.9 cm³/mol. The Balaban J connectivity index is 2.09. The van der Waals surface area contributed by atoms with E-state index < -0.39 is 0 Å². The van der Waals surface area contributed by atoms with Crippen LogP contribution in [0.15, 0.2) is 46.9 Å². The summed E-state index contributed by atoms with van der Waals surface area (Å²) in [6.45, 7) is 0.399. The molecular formula is C13H9BrCl2O. The van der Waals surface area contributed by atoms with E-state index in [0.717, 1.165) is 15.8 Å². The molecule has 0 amide bonds. The third kappa shape index (κ3) is 3.63. The maximum absolute atomic E-state index is 6.05. The molecule has 2 aromatic carbocycles. The molecule has 0 aliphatic carbocycles. The Morgan fingerprint density at radius 2 is 1.88 bits per heavy atom. The Morgan fingerprint density at radius 3 is 2.65 bits per heavy atom. The molecule has 0 spiro atoms. The highest BCUT2D eigenvalue weighted by Crippen LogP contribution is 2.23. The van der Waals surface area contributed by atoms with Gasteiger partial charge < -0.3 is 4.74 Å². The van der Waals surface area contributed by atoms with Gasteiger partial charge >= 0.3 is 0 Å². The lowest BCUT2D eigenvalue weighted by molar-refractivity contribution is 0.306. The average Bonchev–Trinajstić information content (AvgIpc) is 2.30. The molecule has 0 aliphatic heterocycles. The third-order valence-electron chi connectivity index (χ3n) is 2.20. The van der Waals surface area contributed by atoms with Crippen molar-refractivity contribution < 1.29 is 4.74 Å². The van der Waals surface area contributed by atoms with Crippen LogP contribution in [0.3, 0.4) is 0 Å². The van der Waals surface area contributed by atoms with Gasteiger partial charge in [0.05, 0.1) is 0 Å². The molecule has 4 heteroatoms. The fourth-order valence-electron chi connectivity index (χ4n) is 1.37. The minimum Gasteiger partial charge on any atom is -0.489 e. The molecule has 2 aromatic rings. The van der Waals surface area contributed by atoms with E-state index in [4.69, 9.17) is 27.9 Å². The van der Waals surface area contributed by atoms with Crippen molar-refractivity contribution in [1.82, 2.24) is 0 Å². The third-order valence-corrected chi connectivity index (χ3v) is 3.30. The molecular weight excluding hydrogens is 323 g/mol. The van der Waals surface area contributed by atoms with E-state index in [9.17, 15) is 0 Å². The van der Waals surface area contributed by atoms with Gasteiger partial charge in [0.1, 0.15) is 12.4 Å². The summed E-state index contributed by atoms with van der Waals surface area (Å²) < 4.78 is 6.61. The molecule has 0 aliphatic rings. The number of halogens is 3. The van der Waals surface area contributed by atoms with Gasteiger partial charge in [-0.25, -0.2) is 0 Å². The minimum atomic E-state index is 0.399. The van der Waals surface area contributed by atoms with Crippen LogP contribution < -0.4 is 4.74 Å². The van der Waals surface area contributed by atoms with Crippen LogP contribution in [0.25, 0.3) is 0 Å². The summed E-state index contributed by atoms with van der Waals surface area (Å²) in [6.07, 6.45) is 0. The highest BCUT2D eigenvalue weighted by molar-refractivity contribution is 9.10. The van der Waals surface area contributed by atoms with E-state index in [1.54, 1.807) is 12.1 Å². The topological polar surface area (TPSA) is 9.23 Å². The monoisotopic (exact) mass is 330 g/mol. The second kappa shape index (κ2) is 5.76. The maximum Gasteiger partial charge on any atom is 0.120 e.